The van der Waals surface area contributed by atoms with Gasteiger partial charge in [0.1, 0.15) is 0 Å². The SMILES string of the molecule is C=C(C)CCC(=O)NC1CCOCC12CCC2. The smallest absolute Gasteiger partial charge is 0.220 e. The van der Waals surface area contributed by atoms with Crippen molar-refractivity contribution in [2.75, 3.05) is 13.2 Å². The van der Waals surface area contributed by atoms with E-state index in [0.717, 1.165) is 31.6 Å². The molecule has 0 aromatic rings. The van der Waals surface area contributed by atoms with Crippen LogP contribution in [0.25, 0.3) is 0 Å². The fourth-order valence-corrected chi connectivity index (χ4v) is 2.83. The topological polar surface area (TPSA) is 38.3 Å². The van der Waals surface area contributed by atoms with E-state index in [2.05, 4.69) is 11.9 Å². The lowest BCUT2D eigenvalue weighted by Crippen LogP contribution is -2.56. The Morgan fingerprint density at radius 3 is 2.82 bits per heavy atom. The van der Waals surface area contributed by atoms with Crippen LogP contribution in [0.2, 0.25) is 0 Å². The minimum absolute atomic E-state index is 0.172. The molecule has 0 radical (unpaired) electrons. The molecule has 1 spiro atoms. The van der Waals surface area contributed by atoms with Crippen molar-refractivity contribution in [3.05, 3.63) is 12.2 Å². The van der Waals surface area contributed by atoms with Crippen LogP contribution in [0.15, 0.2) is 12.2 Å². The molecule has 0 aromatic heterocycles. The lowest BCUT2D eigenvalue weighted by atomic mass is 9.63. The number of allylic oxidation sites excluding steroid dienone is 1. The first kappa shape index (κ1) is 12.6. The van der Waals surface area contributed by atoms with Crippen molar-refractivity contribution >= 4 is 5.91 Å². The maximum absolute atomic E-state index is 11.9. The lowest BCUT2D eigenvalue weighted by molar-refractivity contribution is -0.128. The Bertz CT molecular complexity index is 307. The van der Waals surface area contributed by atoms with Crippen molar-refractivity contribution in [3.8, 4) is 0 Å². The zero-order chi connectivity index (χ0) is 12.3. The second-order valence-corrected chi connectivity index (χ2v) is 5.63. The maximum atomic E-state index is 11.9. The monoisotopic (exact) mass is 237 g/mol. The summed E-state index contributed by atoms with van der Waals surface area (Å²) in [4.78, 5) is 11.9. The number of amides is 1. The number of hydrogen-bond donors (Lipinski definition) is 1. The van der Waals surface area contributed by atoms with Crippen molar-refractivity contribution in [1.29, 1.82) is 0 Å². The van der Waals surface area contributed by atoms with E-state index in [9.17, 15) is 4.79 Å². The third kappa shape index (κ3) is 2.89. The molecule has 96 valence electrons. The van der Waals surface area contributed by atoms with Crippen LogP contribution in [0, 0.1) is 5.41 Å². The standard InChI is InChI=1S/C14H23NO2/c1-11(2)4-5-13(16)15-12-6-9-17-10-14(12)7-3-8-14/h12H,1,3-10H2,2H3,(H,15,16). The number of rotatable bonds is 4. The summed E-state index contributed by atoms with van der Waals surface area (Å²) < 4.78 is 5.57. The molecule has 0 bridgehead atoms. The van der Waals surface area contributed by atoms with Crippen LogP contribution < -0.4 is 5.32 Å². The zero-order valence-corrected chi connectivity index (χ0v) is 10.8. The molecule has 1 atom stereocenters. The van der Waals surface area contributed by atoms with E-state index < -0.39 is 0 Å². The van der Waals surface area contributed by atoms with E-state index in [4.69, 9.17) is 4.74 Å². The van der Waals surface area contributed by atoms with Gasteiger partial charge in [-0.1, -0.05) is 12.0 Å². The first-order chi connectivity index (χ1) is 8.12. The third-order valence-electron chi connectivity index (χ3n) is 4.14. The second kappa shape index (κ2) is 5.21. The van der Waals surface area contributed by atoms with Gasteiger partial charge in [-0.2, -0.15) is 0 Å². The number of hydrogen-bond acceptors (Lipinski definition) is 2. The predicted molar refractivity (Wildman–Crippen MR) is 67.7 cm³/mol. The summed E-state index contributed by atoms with van der Waals surface area (Å²) in [7, 11) is 0. The molecule has 1 saturated carbocycles. The molecule has 1 heterocycles. The molecule has 1 unspecified atom stereocenters. The summed E-state index contributed by atoms with van der Waals surface area (Å²) in [6.07, 6.45) is 6.03. The zero-order valence-electron chi connectivity index (χ0n) is 10.8. The van der Waals surface area contributed by atoms with Gasteiger partial charge in [-0.3, -0.25) is 4.79 Å². The summed E-state index contributed by atoms with van der Waals surface area (Å²) in [5.74, 6) is 0.172. The molecule has 1 aliphatic heterocycles. The van der Waals surface area contributed by atoms with Crippen LogP contribution in [-0.2, 0) is 9.53 Å². The van der Waals surface area contributed by atoms with Gasteiger partial charge in [-0.05, 0) is 32.6 Å². The molecular weight excluding hydrogens is 214 g/mol. The largest absolute Gasteiger partial charge is 0.381 e. The van der Waals surface area contributed by atoms with Gasteiger partial charge in [0, 0.05) is 24.5 Å². The molecule has 1 N–H and O–H groups in total. The number of carbonyl (C=O) groups is 1. The van der Waals surface area contributed by atoms with Crippen LogP contribution in [0.3, 0.4) is 0 Å². The Morgan fingerprint density at radius 2 is 2.24 bits per heavy atom. The van der Waals surface area contributed by atoms with Gasteiger partial charge in [-0.15, -0.1) is 6.58 Å². The van der Waals surface area contributed by atoms with E-state index in [0.29, 0.717) is 12.5 Å². The van der Waals surface area contributed by atoms with Gasteiger partial charge in [0.25, 0.3) is 0 Å². The van der Waals surface area contributed by atoms with Crippen LogP contribution in [0.1, 0.15) is 45.4 Å². The Balaban J connectivity index is 1.84. The van der Waals surface area contributed by atoms with E-state index >= 15 is 0 Å². The van der Waals surface area contributed by atoms with Crippen molar-refractivity contribution in [3.63, 3.8) is 0 Å². The molecule has 2 fully saturated rings. The molecule has 2 aliphatic rings. The van der Waals surface area contributed by atoms with Gasteiger partial charge in [0.2, 0.25) is 5.91 Å². The Hall–Kier alpha value is -0.830. The van der Waals surface area contributed by atoms with Crippen LogP contribution in [0.4, 0.5) is 0 Å². The number of carbonyl (C=O) groups excluding carboxylic acids is 1. The van der Waals surface area contributed by atoms with Gasteiger partial charge in [0.15, 0.2) is 0 Å². The Kier molecular flexibility index (Phi) is 3.87. The van der Waals surface area contributed by atoms with E-state index in [1.165, 1.54) is 19.3 Å². The molecule has 3 heteroatoms. The van der Waals surface area contributed by atoms with Crippen LogP contribution >= 0.6 is 0 Å². The van der Waals surface area contributed by atoms with Gasteiger partial charge >= 0.3 is 0 Å². The molecule has 17 heavy (non-hydrogen) atoms. The molecule has 2 rings (SSSR count). The van der Waals surface area contributed by atoms with Crippen molar-refractivity contribution in [2.45, 2.75) is 51.5 Å². The van der Waals surface area contributed by atoms with E-state index in [1.54, 1.807) is 0 Å². The molecule has 1 saturated heterocycles. The van der Waals surface area contributed by atoms with Crippen molar-refractivity contribution < 1.29 is 9.53 Å². The van der Waals surface area contributed by atoms with Crippen LogP contribution in [-0.4, -0.2) is 25.2 Å². The summed E-state index contributed by atoms with van der Waals surface area (Å²) in [5.41, 5.74) is 1.34. The third-order valence-corrected chi connectivity index (χ3v) is 4.14. The lowest BCUT2D eigenvalue weighted by Gasteiger charge is -2.50. The van der Waals surface area contributed by atoms with Gasteiger partial charge < -0.3 is 10.1 Å². The van der Waals surface area contributed by atoms with Gasteiger partial charge in [0.05, 0.1) is 6.61 Å². The highest BCUT2D eigenvalue weighted by Crippen LogP contribution is 2.46. The minimum Gasteiger partial charge on any atom is -0.381 e. The number of nitrogens with one attached hydrogen (secondary N) is 1. The predicted octanol–water partition coefficient (Wildman–Crippen LogP) is 2.42. The second-order valence-electron chi connectivity index (χ2n) is 5.63. The average molecular weight is 237 g/mol. The highest BCUT2D eigenvalue weighted by Gasteiger charge is 2.46. The maximum Gasteiger partial charge on any atom is 0.220 e. The Morgan fingerprint density at radius 1 is 1.47 bits per heavy atom. The van der Waals surface area contributed by atoms with Crippen molar-refractivity contribution in [2.24, 2.45) is 5.41 Å². The van der Waals surface area contributed by atoms with Crippen LogP contribution in [0.5, 0.6) is 0 Å². The summed E-state index contributed by atoms with van der Waals surface area (Å²) in [6, 6.07) is 0.336. The van der Waals surface area contributed by atoms with E-state index in [-0.39, 0.29) is 11.3 Å². The Labute approximate surface area is 104 Å². The highest BCUT2D eigenvalue weighted by molar-refractivity contribution is 5.76. The fraction of sp³-hybridized carbons (Fsp3) is 0.786. The minimum atomic E-state index is 0.172. The summed E-state index contributed by atoms with van der Waals surface area (Å²) in [6.45, 7) is 7.41. The average Bonchev–Trinajstić information content (AvgIpc) is 2.25. The number of ether oxygens (including phenoxy) is 1. The van der Waals surface area contributed by atoms with Gasteiger partial charge in [-0.25, -0.2) is 0 Å². The first-order valence-electron chi connectivity index (χ1n) is 6.64. The summed E-state index contributed by atoms with van der Waals surface area (Å²) >= 11 is 0. The van der Waals surface area contributed by atoms with Crippen molar-refractivity contribution in [1.82, 2.24) is 5.32 Å². The fourth-order valence-electron chi connectivity index (χ4n) is 2.83. The van der Waals surface area contributed by atoms with E-state index in [1.807, 2.05) is 6.92 Å². The normalized spacial score (nSPS) is 26.3. The summed E-state index contributed by atoms with van der Waals surface area (Å²) in [5, 5.41) is 3.21. The molecular formula is C14H23NO2. The highest BCUT2D eigenvalue weighted by atomic mass is 16.5. The quantitative estimate of drug-likeness (QED) is 0.763. The molecule has 3 nitrogen and oxygen atoms in total. The first-order valence-corrected chi connectivity index (χ1v) is 6.64. The molecule has 1 aliphatic carbocycles. The molecule has 1 amide bonds. The molecule has 0 aromatic carbocycles.